The van der Waals surface area contributed by atoms with Gasteiger partial charge in [0, 0.05) is 11.3 Å². The minimum absolute atomic E-state index is 0.148. The van der Waals surface area contributed by atoms with Gasteiger partial charge in [-0.15, -0.1) is 0 Å². The first-order valence-electron chi connectivity index (χ1n) is 5.54. The number of urea groups is 1. The van der Waals surface area contributed by atoms with E-state index in [9.17, 15) is 9.59 Å². The topological polar surface area (TPSA) is 87.7 Å². The van der Waals surface area contributed by atoms with Crippen LogP contribution < -0.4 is 10.8 Å². The molecule has 0 spiro atoms. The predicted molar refractivity (Wildman–Crippen MR) is 64.8 cm³/mol. The van der Waals surface area contributed by atoms with Gasteiger partial charge in [-0.1, -0.05) is 6.42 Å². The minimum atomic E-state index is -1.12. The SMILES string of the molecule is CSC1CCCC(NC(=O)NOCC(=O)O)C1. The molecule has 0 aromatic rings. The molecule has 0 aliphatic heterocycles. The van der Waals surface area contributed by atoms with Crippen molar-refractivity contribution in [3.63, 3.8) is 0 Å². The molecule has 1 aliphatic carbocycles. The molecule has 2 amide bonds. The lowest BCUT2D eigenvalue weighted by Gasteiger charge is -2.28. The monoisotopic (exact) mass is 262 g/mol. The van der Waals surface area contributed by atoms with Crippen LogP contribution in [0, 0.1) is 0 Å². The van der Waals surface area contributed by atoms with Gasteiger partial charge in [-0.2, -0.15) is 11.8 Å². The second-order valence-corrected chi connectivity index (χ2v) is 5.12. The highest BCUT2D eigenvalue weighted by Gasteiger charge is 2.22. The summed E-state index contributed by atoms with van der Waals surface area (Å²) < 4.78 is 0. The van der Waals surface area contributed by atoms with E-state index in [-0.39, 0.29) is 6.04 Å². The van der Waals surface area contributed by atoms with E-state index in [4.69, 9.17) is 5.11 Å². The summed E-state index contributed by atoms with van der Waals surface area (Å²) in [6.45, 7) is -0.536. The average molecular weight is 262 g/mol. The number of nitrogens with one attached hydrogen (secondary N) is 2. The summed E-state index contributed by atoms with van der Waals surface area (Å²) in [7, 11) is 0. The number of carboxylic acids is 1. The van der Waals surface area contributed by atoms with Gasteiger partial charge in [-0.05, 0) is 25.5 Å². The van der Waals surface area contributed by atoms with Gasteiger partial charge in [-0.3, -0.25) is 4.84 Å². The molecule has 0 aromatic carbocycles. The van der Waals surface area contributed by atoms with E-state index in [0.29, 0.717) is 5.25 Å². The van der Waals surface area contributed by atoms with Crippen molar-refractivity contribution < 1.29 is 19.5 Å². The Balaban J connectivity index is 2.19. The van der Waals surface area contributed by atoms with Gasteiger partial charge < -0.3 is 10.4 Å². The number of thioether (sulfide) groups is 1. The van der Waals surface area contributed by atoms with Crippen molar-refractivity contribution in [3.05, 3.63) is 0 Å². The number of hydrogen-bond donors (Lipinski definition) is 3. The molecule has 0 saturated heterocycles. The maximum Gasteiger partial charge on any atom is 0.338 e. The summed E-state index contributed by atoms with van der Waals surface area (Å²) in [4.78, 5) is 26.0. The third kappa shape index (κ3) is 5.78. The zero-order valence-electron chi connectivity index (χ0n) is 9.77. The summed E-state index contributed by atoms with van der Waals surface area (Å²) in [5.74, 6) is -1.12. The third-order valence-electron chi connectivity index (χ3n) is 2.66. The number of hydrogen-bond acceptors (Lipinski definition) is 4. The van der Waals surface area contributed by atoms with Crippen LogP contribution in [0.2, 0.25) is 0 Å². The Labute approximate surface area is 104 Å². The van der Waals surface area contributed by atoms with E-state index in [1.807, 2.05) is 11.8 Å². The minimum Gasteiger partial charge on any atom is -0.479 e. The molecule has 17 heavy (non-hydrogen) atoms. The first-order chi connectivity index (χ1) is 8.11. The van der Waals surface area contributed by atoms with E-state index in [2.05, 4.69) is 21.9 Å². The van der Waals surface area contributed by atoms with Crippen LogP contribution in [0.15, 0.2) is 0 Å². The molecule has 1 saturated carbocycles. The molecule has 6 nitrogen and oxygen atoms in total. The van der Waals surface area contributed by atoms with Crippen LogP contribution in [-0.2, 0) is 9.63 Å². The maximum absolute atomic E-state index is 11.3. The van der Waals surface area contributed by atoms with Gasteiger partial charge in [0.1, 0.15) is 0 Å². The Kier molecular flexibility index (Phi) is 6.13. The Morgan fingerprint density at radius 3 is 2.88 bits per heavy atom. The second kappa shape index (κ2) is 7.39. The highest BCUT2D eigenvalue weighted by atomic mass is 32.2. The van der Waals surface area contributed by atoms with Gasteiger partial charge in [0.2, 0.25) is 0 Å². The van der Waals surface area contributed by atoms with Crippen LogP contribution in [-0.4, -0.2) is 41.3 Å². The lowest BCUT2D eigenvalue weighted by Crippen LogP contribution is -2.44. The standard InChI is InChI=1S/C10H18N2O4S/c1-17-8-4-2-3-7(5-8)11-10(15)12-16-6-9(13)14/h7-8H,2-6H2,1H3,(H,13,14)(H2,11,12,15). The molecular weight excluding hydrogens is 244 g/mol. The van der Waals surface area contributed by atoms with Crippen LogP contribution in [0.3, 0.4) is 0 Å². The number of rotatable bonds is 5. The van der Waals surface area contributed by atoms with Gasteiger partial charge in [0.05, 0.1) is 0 Å². The van der Waals surface area contributed by atoms with Crippen LogP contribution in [0.25, 0.3) is 0 Å². The quantitative estimate of drug-likeness (QED) is 0.643. The second-order valence-electron chi connectivity index (χ2n) is 3.98. The molecule has 2 atom stereocenters. The summed E-state index contributed by atoms with van der Waals surface area (Å²) in [5.41, 5.74) is 2.06. The van der Waals surface area contributed by atoms with Gasteiger partial charge >= 0.3 is 12.0 Å². The van der Waals surface area contributed by atoms with Crippen molar-refractivity contribution in [2.45, 2.75) is 37.0 Å². The number of hydroxylamine groups is 1. The van der Waals surface area contributed by atoms with E-state index in [0.717, 1.165) is 19.3 Å². The van der Waals surface area contributed by atoms with E-state index in [1.54, 1.807) is 0 Å². The predicted octanol–water partition coefficient (Wildman–Crippen LogP) is 0.976. The number of aliphatic carboxylic acids is 1. The number of amides is 2. The fraction of sp³-hybridized carbons (Fsp3) is 0.800. The molecule has 3 N–H and O–H groups in total. The van der Waals surface area contributed by atoms with E-state index < -0.39 is 18.6 Å². The first-order valence-corrected chi connectivity index (χ1v) is 6.83. The molecule has 0 bridgehead atoms. The molecule has 0 aromatic heterocycles. The summed E-state index contributed by atoms with van der Waals surface area (Å²) in [6, 6.07) is -0.326. The molecular formula is C10H18N2O4S. The van der Waals surface area contributed by atoms with E-state index in [1.165, 1.54) is 6.42 Å². The van der Waals surface area contributed by atoms with Crippen molar-refractivity contribution in [1.29, 1.82) is 0 Å². The fourth-order valence-corrected chi connectivity index (χ4v) is 2.70. The fourth-order valence-electron chi connectivity index (χ4n) is 1.87. The normalized spacial score (nSPS) is 24.1. The largest absolute Gasteiger partial charge is 0.479 e. The zero-order chi connectivity index (χ0) is 12.7. The van der Waals surface area contributed by atoms with Gasteiger partial charge in [0.15, 0.2) is 6.61 Å². The Morgan fingerprint density at radius 2 is 2.24 bits per heavy atom. The van der Waals surface area contributed by atoms with Crippen molar-refractivity contribution in [1.82, 2.24) is 10.8 Å². The molecule has 98 valence electrons. The summed E-state index contributed by atoms with van der Waals surface area (Å²) >= 11 is 1.82. The van der Waals surface area contributed by atoms with Crippen molar-refractivity contribution in [2.24, 2.45) is 0 Å². The van der Waals surface area contributed by atoms with Crippen molar-refractivity contribution in [2.75, 3.05) is 12.9 Å². The molecule has 2 unspecified atom stereocenters. The van der Waals surface area contributed by atoms with Crippen molar-refractivity contribution >= 4 is 23.8 Å². The van der Waals surface area contributed by atoms with Crippen LogP contribution >= 0.6 is 11.8 Å². The highest BCUT2D eigenvalue weighted by Crippen LogP contribution is 2.26. The Hall–Kier alpha value is -0.950. The number of carbonyl (C=O) groups excluding carboxylic acids is 1. The highest BCUT2D eigenvalue weighted by molar-refractivity contribution is 7.99. The van der Waals surface area contributed by atoms with Crippen molar-refractivity contribution in [3.8, 4) is 0 Å². The third-order valence-corrected chi connectivity index (χ3v) is 3.75. The zero-order valence-corrected chi connectivity index (χ0v) is 10.6. The number of carbonyl (C=O) groups is 2. The maximum atomic E-state index is 11.3. The Bertz CT molecular complexity index is 275. The molecule has 7 heteroatoms. The Morgan fingerprint density at radius 1 is 1.47 bits per heavy atom. The smallest absolute Gasteiger partial charge is 0.338 e. The summed E-state index contributed by atoms with van der Waals surface area (Å²) in [6.07, 6.45) is 6.28. The van der Waals surface area contributed by atoms with Crippen LogP contribution in [0.5, 0.6) is 0 Å². The molecule has 1 aliphatic rings. The van der Waals surface area contributed by atoms with Gasteiger partial charge in [0.25, 0.3) is 0 Å². The first kappa shape index (κ1) is 14.1. The molecule has 0 heterocycles. The lowest BCUT2D eigenvalue weighted by atomic mass is 9.95. The average Bonchev–Trinajstić information content (AvgIpc) is 2.28. The molecule has 1 rings (SSSR count). The van der Waals surface area contributed by atoms with Crippen LogP contribution in [0.1, 0.15) is 25.7 Å². The summed E-state index contributed by atoms with van der Waals surface area (Å²) in [5, 5.41) is 11.7. The number of carboxylic acid groups (broad SMARTS) is 1. The molecule has 1 fully saturated rings. The van der Waals surface area contributed by atoms with Crippen LogP contribution in [0.4, 0.5) is 4.79 Å². The lowest BCUT2D eigenvalue weighted by molar-refractivity contribution is -0.144. The van der Waals surface area contributed by atoms with Gasteiger partial charge in [-0.25, -0.2) is 15.1 Å². The van der Waals surface area contributed by atoms with E-state index >= 15 is 0 Å². The molecule has 0 radical (unpaired) electrons.